The van der Waals surface area contributed by atoms with Gasteiger partial charge in [-0.3, -0.25) is 9.36 Å². The van der Waals surface area contributed by atoms with Crippen LogP contribution in [0.3, 0.4) is 0 Å². The summed E-state index contributed by atoms with van der Waals surface area (Å²) < 4.78 is 1.79. The number of carbonyl (C=O) groups excluding carboxylic acids is 1. The van der Waals surface area contributed by atoms with Crippen molar-refractivity contribution in [1.82, 2.24) is 9.88 Å². The molecule has 3 rings (SSSR count). The zero-order valence-electron chi connectivity index (χ0n) is 11.9. The Morgan fingerprint density at radius 3 is 2.65 bits per heavy atom. The number of benzene rings is 1. The van der Waals surface area contributed by atoms with E-state index in [1.54, 1.807) is 4.57 Å². The summed E-state index contributed by atoms with van der Waals surface area (Å²) in [5.41, 5.74) is 4.20. The summed E-state index contributed by atoms with van der Waals surface area (Å²) in [5, 5.41) is 3.32. The summed E-state index contributed by atoms with van der Waals surface area (Å²) in [6.45, 7) is 1.79. The number of nitrogens with zero attached hydrogens (tertiary/aromatic N) is 2. The van der Waals surface area contributed by atoms with E-state index in [4.69, 9.17) is 0 Å². The molecule has 0 fully saturated rings. The minimum atomic E-state index is 0.0541. The van der Waals surface area contributed by atoms with E-state index in [1.807, 2.05) is 55.5 Å². The molecule has 1 aromatic heterocycles. The quantitative estimate of drug-likeness (QED) is 0.904. The third-order valence-electron chi connectivity index (χ3n) is 3.79. The third-order valence-corrected chi connectivity index (χ3v) is 3.79. The number of rotatable bonds is 2. The largest absolute Gasteiger partial charge is 0.378 e. The van der Waals surface area contributed by atoms with E-state index in [1.165, 1.54) is 5.56 Å². The molecule has 2 heterocycles. The van der Waals surface area contributed by atoms with Gasteiger partial charge in [-0.05, 0) is 35.9 Å². The Kier molecular flexibility index (Phi) is 3.32. The molecule has 0 bridgehead atoms. The highest BCUT2D eigenvalue weighted by atomic mass is 16.2. The van der Waals surface area contributed by atoms with E-state index in [2.05, 4.69) is 5.32 Å². The standard InChI is InChI=1S/C16H19N3O/c1-18(2)14-5-3-12(4-6-14)16(20)19-10-8-13-11-17-9-7-15(13)19/h3-6,8,10,17H,7,9,11H2,1-2H3. The van der Waals surface area contributed by atoms with Crippen LogP contribution in [0.2, 0.25) is 0 Å². The maximum atomic E-state index is 12.6. The molecule has 0 aliphatic carbocycles. The van der Waals surface area contributed by atoms with E-state index in [-0.39, 0.29) is 5.91 Å². The topological polar surface area (TPSA) is 37.3 Å². The maximum absolute atomic E-state index is 12.6. The van der Waals surface area contributed by atoms with E-state index in [0.717, 1.165) is 36.5 Å². The van der Waals surface area contributed by atoms with Crippen LogP contribution in [0.1, 0.15) is 21.6 Å². The smallest absolute Gasteiger partial charge is 0.262 e. The van der Waals surface area contributed by atoms with Crippen LogP contribution in [0, 0.1) is 0 Å². The van der Waals surface area contributed by atoms with Crippen molar-refractivity contribution in [3.05, 3.63) is 53.3 Å². The second-order valence-corrected chi connectivity index (χ2v) is 5.33. The third kappa shape index (κ3) is 2.23. The molecule has 0 unspecified atom stereocenters. The van der Waals surface area contributed by atoms with Gasteiger partial charge in [0.05, 0.1) is 0 Å². The van der Waals surface area contributed by atoms with Crippen molar-refractivity contribution >= 4 is 11.6 Å². The molecule has 1 aromatic carbocycles. The molecule has 0 radical (unpaired) electrons. The number of hydrogen-bond donors (Lipinski definition) is 1. The average molecular weight is 269 g/mol. The SMILES string of the molecule is CN(C)c1ccc(C(=O)n2ccc3c2CCNC3)cc1. The Bertz CT molecular complexity index is 626. The maximum Gasteiger partial charge on any atom is 0.262 e. The van der Waals surface area contributed by atoms with Gasteiger partial charge in [-0.25, -0.2) is 0 Å². The molecule has 2 aromatic rings. The average Bonchev–Trinajstić information content (AvgIpc) is 2.90. The summed E-state index contributed by atoms with van der Waals surface area (Å²) in [6.07, 6.45) is 2.80. The molecule has 0 atom stereocenters. The van der Waals surface area contributed by atoms with Crippen molar-refractivity contribution in [2.45, 2.75) is 13.0 Å². The molecule has 0 saturated heterocycles. The van der Waals surface area contributed by atoms with Crippen LogP contribution in [0.25, 0.3) is 0 Å². The minimum Gasteiger partial charge on any atom is -0.378 e. The van der Waals surface area contributed by atoms with Gasteiger partial charge in [-0.15, -0.1) is 0 Å². The molecule has 4 heteroatoms. The van der Waals surface area contributed by atoms with Crippen LogP contribution in [0.15, 0.2) is 36.5 Å². The molecule has 104 valence electrons. The fourth-order valence-electron chi connectivity index (χ4n) is 2.61. The van der Waals surface area contributed by atoms with Crippen LogP contribution in [0.4, 0.5) is 5.69 Å². The van der Waals surface area contributed by atoms with Crippen molar-refractivity contribution in [3.8, 4) is 0 Å². The predicted octanol–water partition coefficient (Wildman–Crippen LogP) is 1.89. The lowest BCUT2D eigenvalue weighted by Gasteiger charge is -2.16. The molecule has 1 aliphatic heterocycles. The van der Waals surface area contributed by atoms with Crippen molar-refractivity contribution in [2.75, 3.05) is 25.5 Å². The molecule has 4 nitrogen and oxygen atoms in total. The van der Waals surface area contributed by atoms with Gasteiger partial charge in [0.15, 0.2) is 0 Å². The summed E-state index contributed by atoms with van der Waals surface area (Å²) in [4.78, 5) is 14.6. The van der Waals surface area contributed by atoms with Crippen molar-refractivity contribution < 1.29 is 4.79 Å². The van der Waals surface area contributed by atoms with Gasteiger partial charge in [0.25, 0.3) is 5.91 Å². The first-order valence-corrected chi connectivity index (χ1v) is 6.89. The second kappa shape index (κ2) is 5.13. The number of nitrogens with one attached hydrogen (secondary N) is 1. The van der Waals surface area contributed by atoms with Crippen LogP contribution in [-0.4, -0.2) is 31.1 Å². The van der Waals surface area contributed by atoms with Crippen LogP contribution < -0.4 is 10.2 Å². The molecular formula is C16H19N3O. The zero-order chi connectivity index (χ0) is 14.1. The lowest BCUT2D eigenvalue weighted by molar-refractivity contribution is 0.0957. The number of aromatic nitrogens is 1. The highest BCUT2D eigenvalue weighted by Crippen LogP contribution is 2.18. The molecule has 1 aliphatic rings. The van der Waals surface area contributed by atoms with Gasteiger partial charge in [-0.1, -0.05) is 0 Å². The Balaban J connectivity index is 1.90. The fraction of sp³-hybridized carbons (Fsp3) is 0.312. The monoisotopic (exact) mass is 269 g/mol. The first kappa shape index (κ1) is 12.9. The Morgan fingerprint density at radius 1 is 1.20 bits per heavy atom. The van der Waals surface area contributed by atoms with Crippen molar-refractivity contribution in [1.29, 1.82) is 0 Å². The van der Waals surface area contributed by atoms with E-state index in [9.17, 15) is 4.79 Å². The van der Waals surface area contributed by atoms with Crippen LogP contribution in [-0.2, 0) is 13.0 Å². The van der Waals surface area contributed by atoms with Gasteiger partial charge < -0.3 is 10.2 Å². The van der Waals surface area contributed by atoms with Crippen molar-refractivity contribution in [3.63, 3.8) is 0 Å². The van der Waals surface area contributed by atoms with Gasteiger partial charge in [0.2, 0.25) is 0 Å². The highest BCUT2D eigenvalue weighted by molar-refractivity contribution is 5.97. The zero-order valence-corrected chi connectivity index (χ0v) is 11.9. The number of anilines is 1. The van der Waals surface area contributed by atoms with Crippen LogP contribution >= 0.6 is 0 Å². The first-order valence-electron chi connectivity index (χ1n) is 6.89. The second-order valence-electron chi connectivity index (χ2n) is 5.33. The van der Waals surface area contributed by atoms with Gasteiger partial charge in [-0.2, -0.15) is 0 Å². The molecule has 1 N–H and O–H groups in total. The molecule has 0 amide bonds. The Morgan fingerprint density at radius 2 is 1.95 bits per heavy atom. The fourth-order valence-corrected chi connectivity index (χ4v) is 2.61. The lowest BCUT2D eigenvalue weighted by atomic mass is 10.1. The predicted molar refractivity (Wildman–Crippen MR) is 80.3 cm³/mol. The molecule has 0 saturated carbocycles. The molecule has 0 spiro atoms. The summed E-state index contributed by atoms with van der Waals surface area (Å²) >= 11 is 0. The first-order chi connectivity index (χ1) is 9.66. The van der Waals surface area contributed by atoms with Crippen molar-refractivity contribution in [2.24, 2.45) is 0 Å². The molecular weight excluding hydrogens is 250 g/mol. The van der Waals surface area contributed by atoms with E-state index < -0.39 is 0 Å². The highest BCUT2D eigenvalue weighted by Gasteiger charge is 2.18. The Labute approximate surface area is 119 Å². The lowest BCUT2D eigenvalue weighted by Crippen LogP contribution is -2.26. The van der Waals surface area contributed by atoms with E-state index >= 15 is 0 Å². The van der Waals surface area contributed by atoms with E-state index in [0.29, 0.717) is 0 Å². The molecule has 20 heavy (non-hydrogen) atoms. The number of carbonyl (C=O) groups is 1. The van der Waals surface area contributed by atoms with Gasteiger partial charge >= 0.3 is 0 Å². The van der Waals surface area contributed by atoms with Gasteiger partial charge in [0, 0.05) is 56.7 Å². The summed E-state index contributed by atoms with van der Waals surface area (Å²) in [7, 11) is 3.98. The summed E-state index contributed by atoms with van der Waals surface area (Å²) in [6, 6.07) is 9.78. The normalized spacial score (nSPS) is 13.9. The number of hydrogen-bond acceptors (Lipinski definition) is 3. The minimum absolute atomic E-state index is 0.0541. The number of fused-ring (bicyclic) bond motifs is 1. The Hall–Kier alpha value is -2.07. The summed E-state index contributed by atoms with van der Waals surface area (Å²) in [5.74, 6) is 0.0541. The van der Waals surface area contributed by atoms with Gasteiger partial charge in [0.1, 0.15) is 0 Å². The van der Waals surface area contributed by atoms with Crippen LogP contribution in [0.5, 0.6) is 0 Å².